The Bertz CT molecular complexity index is 650. The first-order chi connectivity index (χ1) is 10.4. The van der Waals surface area contributed by atoms with Crippen LogP contribution in [0.25, 0.3) is 0 Å². The van der Waals surface area contributed by atoms with Gasteiger partial charge in [0.25, 0.3) is 0 Å². The first-order valence-electron chi connectivity index (χ1n) is 8.17. The summed E-state index contributed by atoms with van der Waals surface area (Å²) in [6.45, 7) is 0. The van der Waals surface area contributed by atoms with Gasteiger partial charge >= 0.3 is 0 Å². The Morgan fingerprint density at radius 2 is 1.68 bits per heavy atom. The van der Waals surface area contributed by atoms with E-state index in [2.05, 4.69) is 4.72 Å². The van der Waals surface area contributed by atoms with Gasteiger partial charge in [-0.05, 0) is 79.9 Å². The minimum absolute atomic E-state index is 0.0269. The molecule has 4 bridgehead atoms. The van der Waals surface area contributed by atoms with E-state index in [0.29, 0.717) is 10.7 Å². The fraction of sp³-hybridized carbons (Fsp3) is 0.647. The van der Waals surface area contributed by atoms with Crippen LogP contribution < -0.4 is 4.72 Å². The van der Waals surface area contributed by atoms with Gasteiger partial charge in [-0.1, -0.05) is 17.7 Å². The van der Waals surface area contributed by atoms with Crippen LogP contribution in [0.2, 0.25) is 5.02 Å². The molecule has 5 heteroatoms. The van der Waals surface area contributed by atoms with E-state index < -0.39 is 10.0 Å². The molecule has 4 aliphatic rings. The molecule has 0 unspecified atom stereocenters. The van der Waals surface area contributed by atoms with Crippen LogP contribution in [-0.4, -0.2) is 14.2 Å². The number of sulfonamides is 1. The number of hydrogen-bond acceptors (Lipinski definition) is 2. The molecule has 0 radical (unpaired) electrons. The van der Waals surface area contributed by atoms with Gasteiger partial charge in [0, 0.05) is 10.7 Å². The van der Waals surface area contributed by atoms with Crippen LogP contribution in [0.5, 0.6) is 0 Å². The molecule has 4 fully saturated rings. The summed E-state index contributed by atoms with van der Waals surface area (Å²) in [4.78, 5) is 0. The predicted octanol–water partition coefficient (Wildman–Crippen LogP) is 4.30. The molecule has 1 aromatic carbocycles. The first-order valence-corrected chi connectivity index (χ1v) is 10.2. The molecule has 5 rings (SSSR count). The fourth-order valence-electron chi connectivity index (χ4n) is 5.64. The van der Waals surface area contributed by atoms with Gasteiger partial charge in [0.2, 0.25) is 10.0 Å². The Balaban J connectivity index is 1.52. The van der Waals surface area contributed by atoms with Gasteiger partial charge in [-0.3, -0.25) is 4.72 Å². The van der Waals surface area contributed by atoms with E-state index in [0.717, 1.165) is 37.0 Å². The maximum Gasteiger partial charge on any atom is 0.233 e. The Kier molecular flexibility index (Phi) is 3.46. The number of hydrogen-bond donors (Lipinski definition) is 1. The summed E-state index contributed by atoms with van der Waals surface area (Å²) in [5.74, 6) is 2.59. The van der Waals surface area contributed by atoms with Crippen molar-refractivity contribution in [3.63, 3.8) is 0 Å². The van der Waals surface area contributed by atoms with Crippen LogP contribution >= 0.6 is 11.6 Å². The Hall–Kier alpha value is -0.740. The zero-order valence-electron chi connectivity index (χ0n) is 12.6. The summed E-state index contributed by atoms with van der Waals surface area (Å²) in [7, 11) is -3.32. The standard InChI is InChI=1S/C17H22ClNO2S/c18-15-2-1-3-16(7-15)19-22(20,21)11-17-8-12-4-13(9-17)6-14(5-12)10-17/h1-3,7,12-14,19H,4-6,8-11H2. The third kappa shape index (κ3) is 2.88. The van der Waals surface area contributed by atoms with Gasteiger partial charge in [0.15, 0.2) is 0 Å². The van der Waals surface area contributed by atoms with Crippen molar-refractivity contribution in [3.05, 3.63) is 29.3 Å². The third-order valence-electron chi connectivity index (χ3n) is 5.76. The lowest BCUT2D eigenvalue weighted by atomic mass is 9.50. The van der Waals surface area contributed by atoms with Crippen LogP contribution in [0, 0.1) is 23.2 Å². The summed E-state index contributed by atoms with van der Waals surface area (Å²) < 4.78 is 28.0. The molecule has 0 amide bonds. The summed E-state index contributed by atoms with van der Waals surface area (Å²) in [5, 5.41) is 0.551. The molecule has 1 N–H and O–H groups in total. The van der Waals surface area contributed by atoms with Gasteiger partial charge in [0.05, 0.1) is 5.75 Å². The maximum absolute atomic E-state index is 12.6. The van der Waals surface area contributed by atoms with Crippen LogP contribution in [-0.2, 0) is 10.0 Å². The molecular weight excluding hydrogens is 318 g/mol. The van der Waals surface area contributed by atoms with E-state index >= 15 is 0 Å². The molecule has 4 saturated carbocycles. The normalized spacial score (nSPS) is 36.5. The van der Waals surface area contributed by atoms with Crippen molar-refractivity contribution in [2.75, 3.05) is 10.5 Å². The monoisotopic (exact) mass is 339 g/mol. The number of benzene rings is 1. The molecule has 0 heterocycles. The minimum atomic E-state index is -3.32. The van der Waals surface area contributed by atoms with Gasteiger partial charge < -0.3 is 0 Å². The zero-order valence-corrected chi connectivity index (χ0v) is 14.2. The zero-order chi connectivity index (χ0) is 15.4. The van der Waals surface area contributed by atoms with Gasteiger partial charge in [-0.2, -0.15) is 0 Å². The number of rotatable bonds is 4. The molecule has 4 aliphatic carbocycles. The van der Waals surface area contributed by atoms with Crippen LogP contribution in [0.4, 0.5) is 5.69 Å². The van der Waals surface area contributed by atoms with Gasteiger partial charge in [-0.25, -0.2) is 8.42 Å². The van der Waals surface area contributed by atoms with Crippen LogP contribution in [0.15, 0.2) is 24.3 Å². The SMILES string of the molecule is O=S(=O)(CC12CC3CC(CC(C3)C1)C2)Nc1cccc(Cl)c1. The van der Waals surface area contributed by atoms with Crippen LogP contribution in [0.3, 0.4) is 0 Å². The third-order valence-corrected chi connectivity index (χ3v) is 7.53. The Morgan fingerprint density at radius 1 is 1.09 bits per heavy atom. The highest BCUT2D eigenvalue weighted by Gasteiger charge is 2.52. The van der Waals surface area contributed by atoms with Crippen molar-refractivity contribution in [2.24, 2.45) is 23.2 Å². The quantitative estimate of drug-likeness (QED) is 0.889. The summed E-state index contributed by atoms with van der Waals surface area (Å²) in [6, 6.07) is 6.94. The molecule has 0 aliphatic heterocycles. The Morgan fingerprint density at radius 3 is 2.23 bits per heavy atom. The number of anilines is 1. The van der Waals surface area contributed by atoms with E-state index in [-0.39, 0.29) is 11.2 Å². The van der Waals surface area contributed by atoms with E-state index in [9.17, 15) is 8.42 Å². The lowest BCUT2D eigenvalue weighted by Gasteiger charge is -2.56. The maximum atomic E-state index is 12.6. The van der Waals surface area contributed by atoms with E-state index in [4.69, 9.17) is 11.6 Å². The predicted molar refractivity (Wildman–Crippen MR) is 89.5 cm³/mol. The van der Waals surface area contributed by atoms with Crippen LogP contribution in [0.1, 0.15) is 38.5 Å². The van der Waals surface area contributed by atoms with E-state index in [1.54, 1.807) is 24.3 Å². The second-order valence-electron chi connectivity index (χ2n) is 7.79. The average Bonchev–Trinajstić information content (AvgIpc) is 2.34. The summed E-state index contributed by atoms with van der Waals surface area (Å²) >= 11 is 5.94. The van der Waals surface area contributed by atoms with Gasteiger partial charge in [-0.15, -0.1) is 0 Å². The molecule has 120 valence electrons. The molecule has 0 aromatic heterocycles. The molecule has 3 nitrogen and oxygen atoms in total. The van der Waals surface area contributed by atoms with E-state index in [1.807, 2.05) is 0 Å². The summed E-state index contributed by atoms with van der Waals surface area (Å²) in [5.41, 5.74) is 0.594. The minimum Gasteiger partial charge on any atom is -0.283 e. The fourth-order valence-corrected chi connectivity index (χ4v) is 7.55. The van der Waals surface area contributed by atoms with Crippen molar-refractivity contribution in [1.82, 2.24) is 0 Å². The molecule has 0 spiro atoms. The first kappa shape index (κ1) is 14.8. The lowest BCUT2D eigenvalue weighted by molar-refractivity contribution is -0.0389. The highest BCUT2D eigenvalue weighted by molar-refractivity contribution is 7.92. The largest absolute Gasteiger partial charge is 0.283 e. The topological polar surface area (TPSA) is 46.2 Å². The van der Waals surface area contributed by atoms with Gasteiger partial charge in [0.1, 0.15) is 0 Å². The second-order valence-corrected chi connectivity index (χ2v) is 9.95. The van der Waals surface area contributed by atoms with Crippen molar-refractivity contribution in [2.45, 2.75) is 38.5 Å². The van der Waals surface area contributed by atoms with E-state index in [1.165, 1.54) is 19.3 Å². The second kappa shape index (κ2) is 5.13. The average molecular weight is 340 g/mol. The Labute approximate surface area is 137 Å². The van der Waals surface area contributed by atoms with Crippen molar-refractivity contribution in [3.8, 4) is 0 Å². The number of nitrogens with one attached hydrogen (secondary N) is 1. The molecular formula is C17H22ClNO2S. The highest BCUT2D eigenvalue weighted by atomic mass is 35.5. The lowest BCUT2D eigenvalue weighted by Crippen LogP contribution is -2.49. The van der Waals surface area contributed by atoms with Crippen molar-refractivity contribution < 1.29 is 8.42 Å². The highest BCUT2D eigenvalue weighted by Crippen LogP contribution is 2.60. The van der Waals surface area contributed by atoms with Crippen molar-refractivity contribution >= 4 is 27.3 Å². The molecule has 0 saturated heterocycles. The molecule has 1 aromatic rings. The number of halogens is 1. The molecule has 0 atom stereocenters. The van der Waals surface area contributed by atoms with Crippen molar-refractivity contribution in [1.29, 1.82) is 0 Å². The molecule has 22 heavy (non-hydrogen) atoms. The smallest absolute Gasteiger partial charge is 0.233 e. The summed E-state index contributed by atoms with van der Waals surface area (Å²) in [6.07, 6.45) is 7.32.